The molecule has 4 aliphatic carbocycles. The Hall–Kier alpha value is -3.36. The van der Waals surface area contributed by atoms with Crippen molar-refractivity contribution in [1.29, 1.82) is 0 Å². The standard InChI is InChI=1S/C51H80N2O12/c1-13-38-43(61-31(4)56)44(62-32(5)57)45(63-33(6)58)46(64-38)65-51(12,20-15-14-16-34(37(59)27-54)24-35-26-52-28-53-35)36-18-22-50(11)42(36)39(60-30(3)55)25-41-48(9)21-17-29(2)47(7,8)40(48)19-23-49(41,50)10/h26,28-29,34,36,38-46,54H,13-25,27H2,1-12H3,(H,52,53)/t29-,34-,36?,38+,39?,40?,41?,42-,43+,44-,45+,46+,48-,49+,50+,51-/m0/s1. The zero-order valence-electron chi connectivity index (χ0n) is 41.4. The number of H-pyrrole nitrogens is 1. The summed E-state index contributed by atoms with van der Waals surface area (Å²) in [6, 6.07) is 0. The van der Waals surface area contributed by atoms with Gasteiger partial charge < -0.3 is 38.5 Å². The van der Waals surface area contributed by atoms with Crippen molar-refractivity contribution >= 4 is 29.7 Å². The fraction of sp³-hybridized carbons (Fsp3) is 0.843. The number of ether oxygens (including phenoxy) is 6. The Labute approximate surface area is 387 Å². The largest absolute Gasteiger partial charge is 0.462 e. The number of fused-ring (bicyclic) bond motifs is 5. The first-order valence-electron chi connectivity index (χ1n) is 24.6. The number of aromatic amines is 1. The molecule has 2 N–H and O–H groups in total. The highest BCUT2D eigenvalue weighted by Gasteiger charge is 2.72. The van der Waals surface area contributed by atoms with Gasteiger partial charge in [0.1, 0.15) is 18.8 Å². The number of unbranched alkanes of at least 4 members (excludes halogenated alkanes) is 1. The molecule has 2 heterocycles. The normalized spacial score (nSPS) is 38.8. The second-order valence-electron chi connectivity index (χ2n) is 22.3. The molecule has 0 amide bonds. The number of carbonyl (C=O) groups excluding carboxylic acids is 5. The molecule has 14 nitrogen and oxygen atoms in total. The molecule has 6 rings (SSSR count). The van der Waals surface area contributed by atoms with E-state index in [0.29, 0.717) is 56.3 Å². The molecule has 0 radical (unpaired) electrons. The van der Waals surface area contributed by atoms with Gasteiger partial charge in [-0.25, -0.2) is 4.98 Å². The van der Waals surface area contributed by atoms with E-state index in [1.165, 1.54) is 34.1 Å². The van der Waals surface area contributed by atoms with Crippen molar-refractivity contribution in [3.63, 3.8) is 0 Å². The molecule has 1 aromatic heterocycles. The van der Waals surface area contributed by atoms with Gasteiger partial charge in [0.05, 0.1) is 11.9 Å². The molecule has 366 valence electrons. The maximum absolute atomic E-state index is 13.3. The van der Waals surface area contributed by atoms with E-state index in [0.717, 1.165) is 44.2 Å². The summed E-state index contributed by atoms with van der Waals surface area (Å²) in [5.74, 6) is -1.64. The minimum absolute atomic E-state index is 0.0664. The lowest BCUT2D eigenvalue weighted by Gasteiger charge is -2.71. The topological polar surface area (TPSA) is 190 Å². The first-order valence-corrected chi connectivity index (χ1v) is 24.6. The fourth-order valence-corrected chi connectivity index (χ4v) is 14.8. The van der Waals surface area contributed by atoms with Crippen LogP contribution >= 0.6 is 0 Å². The maximum Gasteiger partial charge on any atom is 0.303 e. The molecule has 0 bridgehead atoms. The molecule has 4 saturated carbocycles. The fourth-order valence-electron chi connectivity index (χ4n) is 14.8. The second kappa shape index (κ2) is 19.7. The number of imidazole rings is 1. The Morgan fingerprint density at radius 3 is 2.08 bits per heavy atom. The number of aliphatic hydroxyl groups is 1. The van der Waals surface area contributed by atoms with Crippen molar-refractivity contribution in [1.82, 2.24) is 9.97 Å². The SMILES string of the molecule is CC[C@H]1O[C@H](O[C@@](C)(CCCC[C@@H](Cc2cnc[nH]2)C(=O)CO)C2CC[C@]3(C)[C@@H]2C(OC(C)=O)CC2[C@@]4(C)CC[C@H](C)C(C)(C)C4CC[C@]23C)[C@H](OC(C)=O)[C@@H](OC(C)=O)[C@@H]1OC(C)=O. The van der Waals surface area contributed by atoms with Gasteiger partial charge in [-0.15, -0.1) is 0 Å². The van der Waals surface area contributed by atoms with Gasteiger partial charge in [-0.05, 0) is 123 Å². The number of Topliss-reactive ketones (excluding diaryl/α,β-unsaturated/α-hetero) is 1. The van der Waals surface area contributed by atoms with Gasteiger partial charge in [0, 0.05) is 51.4 Å². The molecule has 5 fully saturated rings. The number of ketones is 1. The molecule has 65 heavy (non-hydrogen) atoms. The van der Waals surface area contributed by atoms with Crippen LogP contribution in [0.3, 0.4) is 0 Å². The number of hydrogen-bond acceptors (Lipinski definition) is 13. The first-order chi connectivity index (χ1) is 30.4. The number of aliphatic hydroxyl groups excluding tert-OH is 1. The van der Waals surface area contributed by atoms with Crippen molar-refractivity contribution in [2.45, 2.75) is 209 Å². The highest BCUT2D eigenvalue weighted by molar-refractivity contribution is 5.82. The third-order valence-electron chi connectivity index (χ3n) is 18.4. The summed E-state index contributed by atoms with van der Waals surface area (Å²) in [6.45, 7) is 23.5. The molecule has 1 aromatic rings. The smallest absolute Gasteiger partial charge is 0.303 e. The lowest BCUT2D eigenvalue weighted by atomic mass is 9.34. The zero-order valence-corrected chi connectivity index (χ0v) is 41.4. The van der Waals surface area contributed by atoms with Gasteiger partial charge in [0.15, 0.2) is 30.4 Å². The Balaban J connectivity index is 1.41. The summed E-state index contributed by atoms with van der Waals surface area (Å²) >= 11 is 0. The van der Waals surface area contributed by atoms with Crippen molar-refractivity contribution in [2.24, 2.45) is 57.2 Å². The van der Waals surface area contributed by atoms with E-state index in [-0.39, 0.29) is 51.4 Å². The van der Waals surface area contributed by atoms with Crippen LogP contribution in [0.5, 0.6) is 0 Å². The summed E-state index contributed by atoms with van der Waals surface area (Å²) in [7, 11) is 0. The quantitative estimate of drug-likeness (QED) is 0.0864. The summed E-state index contributed by atoms with van der Waals surface area (Å²) in [6.07, 6.45) is 7.34. The Kier molecular flexibility index (Phi) is 15.5. The lowest BCUT2D eigenvalue weighted by molar-refractivity contribution is -0.336. The Morgan fingerprint density at radius 2 is 1.48 bits per heavy atom. The molecular weight excluding hydrogens is 833 g/mol. The van der Waals surface area contributed by atoms with Crippen LogP contribution in [-0.4, -0.2) is 93.8 Å². The monoisotopic (exact) mass is 913 g/mol. The minimum atomic E-state index is -1.29. The number of hydrogen-bond donors (Lipinski definition) is 2. The summed E-state index contributed by atoms with van der Waals surface area (Å²) in [5, 5.41) is 9.92. The summed E-state index contributed by atoms with van der Waals surface area (Å²) in [4.78, 5) is 71.6. The van der Waals surface area contributed by atoms with Crippen LogP contribution in [-0.2, 0) is 58.8 Å². The molecule has 16 atom stereocenters. The predicted molar refractivity (Wildman–Crippen MR) is 241 cm³/mol. The van der Waals surface area contributed by atoms with Gasteiger partial charge in [-0.2, -0.15) is 0 Å². The van der Waals surface area contributed by atoms with Crippen LogP contribution in [0.1, 0.15) is 166 Å². The van der Waals surface area contributed by atoms with E-state index in [4.69, 9.17) is 28.4 Å². The van der Waals surface area contributed by atoms with Gasteiger partial charge in [0.2, 0.25) is 0 Å². The van der Waals surface area contributed by atoms with E-state index in [1.807, 2.05) is 6.92 Å². The number of aromatic nitrogens is 2. The average Bonchev–Trinajstić information content (AvgIpc) is 3.88. The molecule has 1 aliphatic heterocycles. The Morgan fingerprint density at radius 1 is 0.846 bits per heavy atom. The van der Waals surface area contributed by atoms with Crippen LogP contribution in [0, 0.1) is 57.2 Å². The van der Waals surface area contributed by atoms with E-state index in [2.05, 4.69) is 58.4 Å². The summed E-state index contributed by atoms with van der Waals surface area (Å²) in [5.41, 5.74) is -0.244. The number of esters is 4. The van der Waals surface area contributed by atoms with Crippen molar-refractivity contribution < 1.29 is 57.5 Å². The van der Waals surface area contributed by atoms with E-state index >= 15 is 0 Å². The van der Waals surface area contributed by atoms with Crippen molar-refractivity contribution in [3.8, 4) is 0 Å². The van der Waals surface area contributed by atoms with Crippen LogP contribution in [0.2, 0.25) is 0 Å². The van der Waals surface area contributed by atoms with E-state index in [9.17, 15) is 29.1 Å². The molecule has 5 aliphatic rings. The molecule has 0 spiro atoms. The predicted octanol–water partition coefficient (Wildman–Crippen LogP) is 8.26. The maximum atomic E-state index is 13.3. The highest BCUT2D eigenvalue weighted by Crippen LogP contribution is 2.76. The van der Waals surface area contributed by atoms with Crippen LogP contribution in [0.25, 0.3) is 0 Å². The second-order valence-corrected chi connectivity index (χ2v) is 22.3. The third-order valence-corrected chi connectivity index (χ3v) is 18.4. The van der Waals surface area contributed by atoms with E-state index in [1.54, 1.807) is 12.5 Å². The summed E-state index contributed by atoms with van der Waals surface area (Å²) < 4.78 is 38.2. The molecule has 1 saturated heterocycles. The van der Waals surface area contributed by atoms with Gasteiger partial charge in [0.25, 0.3) is 0 Å². The highest BCUT2D eigenvalue weighted by atomic mass is 16.7. The zero-order chi connectivity index (χ0) is 47.9. The number of nitrogens with zero attached hydrogens (tertiary/aromatic N) is 1. The van der Waals surface area contributed by atoms with Gasteiger partial charge in [-0.1, -0.05) is 61.3 Å². The van der Waals surface area contributed by atoms with Crippen molar-refractivity contribution in [3.05, 3.63) is 18.2 Å². The van der Waals surface area contributed by atoms with Crippen LogP contribution < -0.4 is 0 Å². The van der Waals surface area contributed by atoms with Gasteiger partial charge in [-0.3, -0.25) is 24.0 Å². The van der Waals surface area contributed by atoms with E-state index < -0.39 is 66.7 Å². The van der Waals surface area contributed by atoms with Crippen LogP contribution in [0.15, 0.2) is 12.5 Å². The minimum Gasteiger partial charge on any atom is -0.462 e. The number of rotatable bonds is 17. The molecule has 4 unspecified atom stereocenters. The van der Waals surface area contributed by atoms with Crippen LogP contribution in [0.4, 0.5) is 0 Å². The lowest BCUT2D eigenvalue weighted by Crippen LogP contribution is -2.67. The van der Waals surface area contributed by atoms with Gasteiger partial charge >= 0.3 is 23.9 Å². The number of carbonyl (C=O) groups is 5. The average molecular weight is 913 g/mol. The third kappa shape index (κ3) is 9.83. The first kappa shape index (κ1) is 51.0. The molecule has 14 heteroatoms. The molecular formula is C51H80N2O12. The number of nitrogens with one attached hydrogen (secondary N) is 1. The Bertz CT molecular complexity index is 1870. The molecule has 0 aromatic carbocycles. The van der Waals surface area contributed by atoms with Crippen molar-refractivity contribution in [2.75, 3.05) is 6.61 Å².